The van der Waals surface area contributed by atoms with Crippen molar-refractivity contribution in [1.29, 1.82) is 0 Å². The minimum Gasteiger partial charge on any atom is -0.399 e. The summed E-state index contributed by atoms with van der Waals surface area (Å²) >= 11 is 5.09. The molecule has 0 saturated heterocycles. The average molecular weight is 258 g/mol. The third-order valence-corrected chi connectivity index (χ3v) is 3.50. The van der Waals surface area contributed by atoms with Crippen LogP contribution >= 0.6 is 27.7 Å². The lowest BCUT2D eigenvalue weighted by atomic mass is 10.2. The molecule has 0 amide bonds. The Bertz CT molecular complexity index is 323. The predicted octanol–water partition coefficient (Wildman–Crippen LogP) is 3.58. The maximum atomic E-state index is 5.65. The second kappa shape index (κ2) is 4.72. The maximum Gasteiger partial charge on any atom is 0.0317 e. The molecular formula is C10H12BrNS. The Labute approximate surface area is 91.5 Å². The van der Waals surface area contributed by atoms with E-state index in [1.807, 2.05) is 18.2 Å². The van der Waals surface area contributed by atoms with Crippen LogP contribution in [0.15, 0.2) is 34.2 Å². The van der Waals surface area contributed by atoms with Gasteiger partial charge in [0.05, 0.1) is 0 Å². The Kier molecular flexibility index (Phi) is 3.88. The van der Waals surface area contributed by atoms with Gasteiger partial charge in [-0.3, -0.25) is 0 Å². The molecule has 13 heavy (non-hydrogen) atoms. The topological polar surface area (TPSA) is 26.0 Å². The molecule has 0 fully saturated rings. The first kappa shape index (κ1) is 10.7. The van der Waals surface area contributed by atoms with E-state index in [4.69, 9.17) is 5.73 Å². The van der Waals surface area contributed by atoms with Gasteiger partial charge < -0.3 is 5.73 Å². The summed E-state index contributed by atoms with van der Waals surface area (Å²) in [5, 5.41) is 0. The Morgan fingerprint density at radius 1 is 1.62 bits per heavy atom. The summed E-state index contributed by atoms with van der Waals surface area (Å²) in [4.78, 5) is 1.26. The molecule has 0 atom stereocenters. The highest BCUT2D eigenvalue weighted by molar-refractivity contribution is 9.11. The van der Waals surface area contributed by atoms with E-state index in [9.17, 15) is 0 Å². The van der Waals surface area contributed by atoms with Crippen LogP contribution in [0.3, 0.4) is 0 Å². The van der Waals surface area contributed by atoms with Crippen LogP contribution in [0.2, 0.25) is 0 Å². The number of aryl methyl sites for hydroxylation is 1. The van der Waals surface area contributed by atoms with E-state index in [-0.39, 0.29) is 0 Å². The Morgan fingerprint density at radius 3 is 2.85 bits per heavy atom. The van der Waals surface area contributed by atoms with E-state index in [1.165, 1.54) is 10.5 Å². The standard InChI is InChI=1S/C10H12BrNS/c1-7-5-9(12)3-4-10(7)13-6-8(2)11/h3-5H,2,6,12H2,1H3. The summed E-state index contributed by atoms with van der Waals surface area (Å²) in [7, 11) is 0. The molecule has 3 heteroatoms. The van der Waals surface area contributed by atoms with Crippen LogP contribution in [0.4, 0.5) is 5.69 Å². The van der Waals surface area contributed by atoms with Crippen molar-refractivity contribution in [3.05, 3.63) is 34.8 Å². The zero-order valence-electron chi connectivity index (χ0n) is 7.51. The average Bonchev–Trinajstić information content (AvgIpc) is 2.02. The van der Waals surface area contributed by atoms with Crippen molar-refractivity contribution in [2.75, 3.05) is 11.5 Å². The number of hydrogen-bond donors (Lipinski definition) is 1. The third kappa shape index (κ3) is 3.44. The summed E-state index contributed by atoms with van der Waals surface area (Å²) in [6.07, 6.45) is 0. The largest absolute Gasteiger partial charge is 0.399 e. The fourth-order valence-electron chi connectivity index (χ4n) is 0.991. The lowest BCUT2D eigenvalue weighted by Gasteiger charge is -2.05. The van der Waals surface area contributed by atoms with Crippen LogP contribution in [0.1, 0.15) is 5.56 Å². The van der Waals surface area contributed by atoms with Gasteiger partial charge in [-0.1, -0.05) is 22.5 Å². The number of halogens is 1. The van der Waals surface area contributed by atoms with Gasteiger partial charge in [-0.25, -0.2) is 0 Å². The van der Waals surface area contributed by atoms with Gasteiger partial charge in [0.1, 0.15) is 0 Å². The van der Waals surface area contributed by atoms with Crippen molar-refractivity contribution >= 4 is 33.4 Å². The van der Waals surface area contributed by atoms with Gasteiger partial charge in [0, 0.05) is 16.3 Å². The van der Waals surface area contributed by atoms with Crippen LogP contribution in [0.25, 0.3) is 0 Å². The monoisotopic (exact) mass is 257 g/mol. The van der Waals surface area contributed by atoms with Gasteiger partial charge in [0.25, 0.3) is 0 Å². The zero-order valence-corrected chi connectivity index (χ0v) is 9.91. The molecule has 1 aromatic rings. The minimum absolute atomic E-state index is 0.819. The maximum absolute atomic E-state index is 5.65. The molecule has 0 bridgehead atoms. The number of rotatable bonds is 3. The smallest absolute Gasteiger partial charge is 0.0317 e. The second-order valence-corrected chi connectivity index (χ2v) is 4.97. The molecule has 0 spiro atoms. The number of nitrogen functional groups attached to an aromatic ring is 1. The fourth-order valence-corrected chi connectivity index (χ4v) is 2.10. The highest BCUT2D eigenvalue weighted by Gasteiger charge is 1.99. The van der Waals surface area contributed by atoms with Crippen LogP contribution < -0.4 is 5.73 Å². The minimum atomic E-state index is 0.819. The van der Waals surface area contributed by atoms with Crippen molar-refractivity contribution in [3.8, 4) is 0 Å². The van der Waals surface area contributed by atoms with E-state index in [0.29, 0.717) is 0 Å². The fraction of sp³-hybridized carbons (Fsp3) is 0.200. The lowest BCUT2D eigenvalue weighted by molar-refractivity contribution is 1.30. The Morgan fingerprint density at radius 2 is 2.31 bits per heavy atom. The predicted molar refractivity (Wildman–Crippen MR) is 64.4 cm³/mol. The van der Waals surface area contributed by atoms with E-state index >= 15 is 0 Å². The molecule has 70 valence electrons. The third-order valence-electron chi connectivity index (χ3n) is 1.58. The molecule has 0 aliphatic carbocycles. The normalized spacial score (nSPS) is 10.0. The van der Waals surface area contributed by atoms with Crippen LogP contribution in [-0.4, -0.2) is 5.75 Å². The molecule has 0 aromatic heterocycles. The van der Waals surface area contributed by atoms with E-state index in [1.54, 1.807) is 11.8 Å². The van der Waals surface area contributed by atoms with E-state index < -0.39 is 0 Å². The van der Waals surface area contributed by atoms with Crippen LogP contribution in [0.5, 0.6) is 0 Å². The summed E-state index contributed by atoms with van der Waals surface area (Å²) in [6, 6.07) is 5.96. The van der Waals surface area contributed by atoms with Crippen molar-refractivity contribution in [3.63, 3.8) is 0 Å². The lowest BCUT2D eigenvalue weighted by Crippen LogP contribution is -1.87. The van der Waals surface area contributed by atoms with Crippen molar-refractivity contribution < 1.29 is 0 Å². The first-order valence-electron chi connectivity index (χ1n) is 3.92. The molecule has 0 heterocycles. The first-order valence-corrected chi connectivity index (χ1v) is 5.69. The van der Waals surface area contributed by atoms with Gasteiger partial charge in [0.2, 0.25) is 0 Å². The molecule has 2 N–H and O–H groups in total. The summed E-state index contributed by atoms with van der Waals surface area (Å²) in [5.74, 6) is 0.894. The highest BCUT2D eigenvalue weighted by atomic mass is 79.9. The Balaban J connectivity index is 2.72. The molecule has 0 aliphatic heterocycles. The molecular weight excluding hydrogens is 246 g/mol. The molecule has 1 aromatic carbocycles. The van der Waals surface area contributed by atoms with Crippen molar-refractivity contribution in [2.24, 2.45) is 0 Å². The van der Waals surface area contributed by atoms with E-state index in [2.05, 4.69) is 29.4 Å². The molecule has 0 saturated carbocycles. The van der Waals surface area contributed by atoms with Crippen LogP contribution in [0, 0.1) is 6.92 Å². The second-order valence-electron chi connectivity index (χ2n) is 2.83. The van der Waals surface area contributed by atoms with E-state index in [0.717, 1.165) is 15.9 Å². The number of anilines is 1. The summed E-state index contributed by atoms with van der Waals surface area (Å²) < 4.78 is 1.01. The number of benzene rings is 1. The summed E-state index contributed by atoms with van der Waals surface area (Å²) in [5.41, 5.74) is 7.69. The van der Waals surface area contributed by atoms with Crippen LogP contribution in [-0.2, 0) is 0 Å². The highest BCUT2D eigenvalue weighted by Crippen LogP contribution is 2.26. The molecule has 0 unspecified atom stereocenters. The van der Waals surface area contributed by atoms with Gasteiger partial charge in [-0.2, -0.15) is 0 Å². The van der Waals surface area contributed by atoms with Gasteiger partial charge in [-0.05, 0) is 35.2 Å². The SMILES string of the molecule is C=C(Br)CSc1ccc(N)cc1C. The number of hydrogen-bond acceptors (Lipinski definition) is 2. The van der Waals surface area contributed by atoms with Crippen molar-refractivity contribution in [2.45, 2.75) is 11.8 Å². The number of nitrogens with two attached hydrogens (primary N) is 1. The summed E-state index contributed by atoms with van der Waals surface area (Å²) in [6.45, 7) is 5.85. The quantitative estimate of drug-likeness (QED) is 0.662. The Hall–Kier alpha value is -0.410. The zero-order chi connectivity index (χ0) is 9.84. The first-order chi connectivity index (χ1) is 6.09. The number of thioether (sulfide) groups is 1. The van der Waals surface area contributed by atoms with Gasteiger partial charge >= 0.3 is 0 Å². The van der Waals surface area contributed by atoms with Gasteiger partial charge in [-0.15, -0.1) is 11.8 Å². The van der Waals surface area contributed by atoms with Crippen molar-refractivity contribution in [1.82, 2.24) is 0 Å². The molecule has 0 aliphatic rings. The molecule has 0 radical (unpaired) electrons. The molecule has 1 nitrogen and oxygen atoms in total. The van der Waals surface area contributed by atoms with Gasteiger partial charge in [0.15, 0.2) is 0 Å². The molecule has 1 rings (SSSR count).